The van der Waals surface area contributed by atoms with Gasteiger partial charge in [0.05, 0.1) is 22.3 Å². The van der Waals surface area contributed by atoms with Crippen molar-refractivity contribution in [2.75, 3.05) is 6.61 Å². The van der Waals surface area contributed by atoms with Gasteiger partial charge in [-0.3, -0.25) is 0 Å². The maximum absolute atomic E-state index is 13.4. The molecule has 4 aromatic carbocycles. The third kappa shape index (κ3) is 7.93. The van der Waals surface area contributed by atoms with Crippen molar-refractivity contribution in [2.45, 2.75) is 28.2 Å². The second kappa shape index (κ2) is 14.5. The number of benzene rings is 4. The average Bonchev–Trinajstić information content (AvgIpc) is 3.07. The molecule has 0 bridgehead atoms. The van der Waals surface area contributed by atoms with Crippen LogP contribution < -0.4 is 0 Å². The predicted molar refractivity (Wildman–Crippen MR) is 168 cm³/mol. The van der Waals surface area contributed by atoms with E-state index in [1.165, 1.54) is 59.0 Å². The first-order valence-electron chi connectivity index (χ1n) is 13.8. The number of hydrogen-bond donors (Lipinski definition) is 1. The quantitative estimate of drug-likeness (QED) is 0.109. The molecule has 0 aliphatic carbocycles. The normalized spacial score (nSPS) is 22.4. The number of hydrogen-bond acceptors (Lipinski definition) is 10. The molecule has 5 atom stereocenters. The summed E-state index contributed by atoms with van der Waals surface area (Å²) in [5, 5.41) is 11.5. The van der Waals surface area contributed by atoms with Crippen molar-refractivity contribution in [2.24, 2.45) is 0 Å². The lowest BCUT2D eigenvalue weighted by atomic mass is 9.97. The third-order valence-electron chi connectivity index (χ3n) is 6.79. The molecule has 1 fully saturated rings. The average molecular weight is 722 g/mol. The highest BCUT2D eigenvalue weighted by atomic mass is 127. The Morgan fingerprint density at radius 3 is 1.36 bits per heavy atom. The van der Waals surface area contributed by atoms with Crippen molar-refractivity contribution < 1.29 is 48.0 Å². The van der Waals surface area contributed by atoms with Crippen LogP contribution in [0.3, 0.4) is 0 Å². The number of esters is 4. The van der Waals surface area contributed by atoms with Gasteiger partial charge in [0.15, 0.2) is 12.2 Å². The van der Waals surface area contributed by atoms with Gasteiger partial charge in [0.1, 0.15) is 12.7 Å². The highest BCUT2D eigenvalue weighted by Crippen LogP contribution is 2.39. The lowest BCUT2D eigenvalue weighted by molar-refractivity contribution is -0.293. The molecule has 0 unspecified atom stereocenters. The van der Waals surface area contributed by atoms with Gasteiger partial charge in [-0.15, -0.1) is 0 Å². The number of alkyl halides is 1. The fraction of sp³-hybridized carbons (Fsp3) is 0.176. The number of halogens is 1. The number of rotatable bonds is 9. The van der Waals surface area contributed by atoms with Gasteiger partial charge in [-0.2, -0.15) is 0 Å². The molecule has 1 aliphatic heterocycles. The van der Waals surface area contributed by atoms with E-state index in [0.717, 1.165) is 0 Å². The molecule has 10 nitrogen and oxygen atoms in total. The second-order valence-electron chi connectivity index (χ2n) is 9.89. The second-order valence-corrected chi connectivity index (χ2v) is 11.4. The van der Waals surface area contributed by atoms with Gasteiger partial charge in [-0.1, -0.05) is 72.8 Å². The first kappa shape index (κ1) is 31.8. The van der Waals surface area contributed by atoms with Gasteiger partial charge in [-0.25, -0.2) is 19.2 Å². The molecule has 5 rings (SSSR count). The van der Waals surface area contributed by atoms with E-state index >= 15 is 0 Å². The number of carbonyl (C=O) groups is 4. The summed E-state index contributed by atoms with van der Waals surface area (Å²) < 4.78 is 26.5. The first-order valence-corrected chi connectivity index (χ1v) is 14.9. The van der Waals surface area contributed by atoms with E-state index in [1.54, 1.807) is 84.9 Å². The zero-order chi connectivity index (χ0) is 31.8. The monoisotopic (exact) mass is 722 g/mol. The summed E-state index contributed by atoms with van der Waals surface area (Å²) in [6, 6.07) is 32.1. The van der Waals surface area contributed by atoms with Crippen LogP contribution in [-0.4, -0.2) is 63.8 Å². The number of aliphatic hydroxyl groups is 1. The predicted octanol–water partition coefficient (Wildman–Crippen LogP) is 5.00. The molecular formula is C34H27IO10. The fourth-order valence-corrected chi connectivity index (χ4v) is 5.39. The van der Waals surface area contributed by atoms with E-state index in [2.05, 4.69) is 0 Å². The molecule has 1 saturated heterocycles. The lowest BCUT2D eigenvalue weighted by Gasteiger charge is -2.46. The van der Waals surface area contributed by atoms with E-state index in [-0.39, 0.29) is 22.3 Å². The molecule has 0 saturated carbocycles. The van der Waals surface area contributed by atoms with Crippen LogP contribution in [0.5, 0.6) is 0 Å². The smallest absolute Gasteiger partial charge is 0.338 e. The molecule has 230 valence electrons. The minimum Gasteiger partial charge on any atom is -0.459 e. The zero-order valence-electron chi connectivity index (χ0n) is 23.6. The van der Waals surface area contributed by atoms with E-state index in [4.69, 9.17) is 23.7 Å². The van der Waals surface area contributed by atoms with Crippen molar-refractivity contribution in [1.29, 1.82) is 0 Å². The van der Waals surface area contributed by atoms with E-state index in [0.29, 0.717) is 0 Å². The Kier molecular flexibility index (Phi) is 10.2. The van der Waals surface area contributed by atoms with Gasteiger partial charge in [0.2, 0.25) is 6.10 Å². The minimum absolute atomic E-state index is 0.148. The molecule has 0 radical (unpaired) electrons. The van der Waals surface area contributed by atoms with Gasteiger partial charge in [0.25, 0.3) is 3.79 Å². The summed E-state index contributed by atoms with van der Waals surface area (Å²) in [5.74, 6) is -3.24. The summed E-state index contributed by atoms with van der Waals surface area (Å²) in [4.78, 5) is 52.7. The van der Waals surface area contributed by atoms with Crippen molar-refractivity contribution in [3.05, 3.63) is 144 Å². The molecule has 1 N–H and O–H groups in total. The van der Waals surface area contributed by atoms with Gasteiger partial charge >= 0.3 is 23.9 Å². The first-order chi connectivity index (χ1) is 21.7. The van der Waals surface area contributed by atoms with Crippen LogP contribution in [0.2, 0.25) is 0 Å². The molecule has 0 spiro atoms. The van der Waals surface area contributed by atoms with Crippen LogP contribution in [-0.2, 0) is 23.7 Å². The minimum atomic E-state index is -2.33. The van der Waals surface area contributed by atoms with Crippen LogP contribution in [0.15, 0.2) is 121 Å². The lowest BCUT2D eigenvalue weighted by Crippen LogP contribution is -2.66. The highest BCUT2D eigenvalue weighted by Gasteiger charge is 2.59. The molecule has 4 aromatic rings. The van der Waals surface area contributed by atoms with Crippen molar-refractivity contribution in [3.63, 3.8) is 0 Å². The van der Waals surface area contributed by atoms with Gasteiger partial charge in [0, 0.05) is 0 Å². The SMILES string of the molecule is O=C(OC[C@H]1O[C@@](O)(I)[C@H](OC(=O)c2ccccc2)[C@@H](OC(=O)c2ccccc2)[C@@H]1OC(=O)c1ccccc1)c1ccccc1. The summed E-state index contributed by atoms with van der Waals surface area (Å²) in [7, 11) is 0. The number of carbonyl (C=O) groups excluding carboxylic acids is 4. The Hall–Kier alpha value is -4.59. The van der Waals surface area contributed by atoms with Crippen LogP contribution in [0.4, 0.5) is 0 Å². The number of ether oxygens (including phenoxy) is 5. The van der Waals surface area contributed by atoms with Crippen LogP contribution in [0.1, 0.15) is 41.4 Å². The largest absolute Gasteiger partial charge is 0.459 e. The maximum Gasteiger partial charge on any atom is 0.338 e. The molecule has 0 aromatic heterocycles. The molecule has 45 heavy (non-hydrogen) atoms. The summed E-state index contributed by atoms with van der Waals surface area (Å²) in [6.07, 6.45) is -6.20. The Labute approximate surface area is 272 Å². The maximum atomic E-state index is 13.4. The molecule has 1 heterocycles. The summed E-state index contributed by atoms with van der Waals surface area (Å²) in [6.45, 7) is -0.523. The van der Waals surface area contributed by atoms with Gasteiger partial charge < -0.3 is 28.8 Å². The van der Waals surface area contributed by atoms with Crippen LogP contribution in [0.25, 0.3) is 0 Å². The van der Waals surface area contributed by atoms with Crippen molar-refractivity contribution >= 4 is 46.5 Å². The van der Waals surface area contributed by atoms with E-state index in [9.17, 15) is 24.3 Å². The topological polar surface area (TPSA) is 135 Å². The van der Waals surface area contributed by atoms with Crippen LogP contribution in [0, 0.1) is 0 Å². The van der Waals surface area contributed by atoms with Crippen LogP contribution >= 0.6 is 22.6 Å². The third-order valence-corrected chi connectivity index (χ3v) is 7.66. The Morgan fingerprint density at radius 2 is 0.933 bits per heavy atom. The van der Waals surface area contributed by atoms with E-state index < -0.39 is 58.7 Å². The van der Waals surface area contributed by atoms with E-state index in [1.807, 2.05) is 0 Å². The summed E-state index contributed by atoms with van der Waals surface area (Å²) >= 11 is 1.51. The molecule has 1 aliphatic rings. The van der Waals surface area contributed by atoms with Gasteiger partial charge in [-0.05, 0) is 71.1 Å². The molecule has 0 amide bonds. The molecular weight excluding hydrogens is 695 g/mol. The standard InChI is InChI=1S/C34H27IO10/c35-34(40)29(44-33(39)25-19-11-4-12-20-25)28(43-32(38)24-17-9-3-10-18-24)27(42-31(37)23-15-7-2-8-16-23)26(45-34)21-41-30(36)22-13-5-1-6-14-22/h1-20,26-29,40H,21H2/t26-,27-,28+,29-,34-/m1/s1. The fourth-order valence-electron chi connectivity index (χ4n) is 4.58. The Balaban J connectivity index is 1.51. The highest BCUT2D eigenvalue weighted by molar-refractivity contribution is 14.1. The molecule has 11 heteroatoms. The Morgan fingerprint density at radius 1 is 0.578 bits per heavy atom. The van der Waals surface area contributed by atoms with Crippen molar-refractivity contribution in [3.8, 4) is 0 Å². The van der Waals surface area contributed by atoms with Crippen molar-refractivity contribution in [1.82, 2.24) is 0 Å². The summed E-state index contributed by atoms with van der Waals surface area (Å²) in [5.41, 5.74) is 0.709. The Bertz CT molecular complexity index is 1610. The zero-order valence-corrected chi connectivity index (χ0v) is 25.7.